The third-order valence-electron chi connectivity index (χ3n) is 4.64. The van der Waals surface area contributed by atoms with Gasteiger partial charge < -0.3 is 5.41 Å². The Kier molecular flexibility index (Phi) is 5.15. The first-order chi connectivity index (χ1) is 9.65. The van der Waals surface area contributed by atoms with Gasteiger partial charge in [-0.2, -0.15) is 0 Å². The summed E-state index contributed by atoms with van der Waals surface area (Å²) in [6.45, 7) is 2.03. The molecule has 0 amide bonds. The van der Waals surface area contributed by atoms with Crippen molar-refractivity contribution in [3.8, 4) is 0 Å². The number of rotatable bonds is 3. The molecule has 2 aliphatic rings. The van der Waals surface area contributed by atoms with Crippen molar-refractivity contribution in [2.24, 2.45) is 5.92 Å². The largest absolute Gasteiger partial charge is 0.309 e. The third kappa shape index (κ3) is 3.34. The van der Waals surface area contributed by atoms with E-state index in [0.717, 1.165) is 30.5 Å². The normalized spacial score (nSPS) is 21.0. The van der Waals surface area contributed by atoms with Crippen LogP contribution in [0.25, 0.3) is 0 Å². The first-order valence-corrected chi connectivity index (χ1v) is 7.53. The van der Waals surface area contributed by atoms with Crippen LogP contribution < -0.4 is 0 Å². The van der Waals surface area contributed by atoms with Crippen LogP contribution in [0.1, 0.15) is 54.4 Å². The van der Waals surface area contributed by atoms with Gasteiger partial charge in [-0.05, 0) is 32.6 Å². The van der Waals surface area contributed by atoms with Crippen LogP contribution in [0.3, 0.4) is 0 Å². The first-order valence-electron chi connectivity index (χ1n) is 7.53. The third-order valence-corrected chi connectivity index (χ3v) is 4.64. The van der Waals surface area contributed by atoms with E-state index in [0.29, 0.717) is 6.42 Å². The fraction of sp³-hybridized carbons (Fsp3) is 0.444. The maximum absolute atomic E-state index is 12.4. The van der Waals surface area contributed by atoms with Crippen molar-refractivity contribution in [2.75, 3.05) is 0 Å². The lowest BCUT2D eigenvalue weighted by atomic mass is 9.86. The van der Waals surface area contributed by atoms with Crippen LogP contribution in [0, 0.1) is 18.3 Å². The number of aryl methyl sites for hydroxylation is 1. The minimum absolute atomic E-state index is 0. The summed E-state index contributed by atoms with van der Waals surface area (Å²) in [5.74, 6) is 0.276. The molecule has 1 aromatic carbocycles. The average Bonchev–Trinajstić information content (AvgIpc) is 2.76. The average molecular weight is 348 g/mol. The number of allylic oxidation sites excluding steroid dienone is 2. The number of hydrogen-bond donors (Lipinski definition) is 1. The molecule has 1 N–H and O–H groups in total. The van der Waals surface area contributed by atoms with Gasteiger partial charge in [-0.3, -0.25) is 4.79 Å². The van der Waals surface area contributed by atoms with Gasteiger partial charge in [-0.25, -0.2) is 0 Å². The SMILES string of the molecule is Br.Cc1ccc(C(=O)CC2C(=N)CC3=C2CCCC3)cc1. The number of Topliss-reactive ketones (excluding diaryl/α,β-unsaturated/α-hetero) is 1. The monoisotopic (exact) mass is 347 g/mol. The number of benzene rings is 1. The zero-order valence-corrected chi connectivity index (χ0v) is 14.2. The molecular formula is C18H22BrNO. The van der Waals surface area contributed by atoms with E-state index in [1.165, 1.54) is 29.6 Å². The second-order valence-corrected chi connectivity index (χ2v) is 6.08. The van der Waals surface area contributed by atoms with E-state index in [1.807, 2.05) is 31.2 Å². The highest BCUT2D eigenvalue weighted by Gasteiger charge is 2.32. The summed E-state index contributed by atoms with van der Waals surface area (Å²) in [6, 6.07) is 7.79. The zero-order valence-electron chi connectivity index (χ0n) is 12.4. The minimum Gasteiger partial charge on any atom is -0.309 e. The molecule has 1 aromatic rings. The fourth-order valence-corrected chi connectivity index (χ4v) is 3.47. The number of hydrogen-bond acceptors (Lipinski definition) is 2. The molecule has 0 heterocycles. The van der Waals surface area contributed by atoms with E-state index in [2.05, 4.69) is 0 Å². The Balaban J connectivity index is 0.00000161. The number of carbonyl (C=O) groups is 1. The van der Waals surface area contributed by atoms with Gasteiger partial charge in [-0.1, -0.05) is 41.0 Å². The van der Waals surface area contributed by atoms with Crippen molar-refractivity contribution in [2.45, 2.75) is 45.4 Å². The lowest BCUT2D eigenvalue weighted by Crippen LogP contribution is -2.16. The van der Waals surface area contributed by atoms with Gasteiger partial charge in [0.2, 0.25) is 0 Å². The van der Waals surface area contributed by atoms with E-state index >= 15 is 0 Å². The quantitative estimate of drug-likeness (QED) is 0.602. The molecule has 1 atom stereocenters. The van der Waals surface area contributed by atoms with Gasteiger partial charge in [0.15, 0.2) is 5.78 Å². The first kappa shape index (κ1) is 16.2. The Hall–Kier alpha value is -1.22. The van der Waals surface area contributed by atoms with Gasteiger partial charge in [0, 0.05) is 30.0 Å². The van der Waals surface area contributed by atoms with Crippen LogP contribution in [0.5, 0.6) is 0 Å². The molecule has 0 aromatic heterocycles. The Morgan fingerprint density at radius 1 is 1.19 bits per heavy atom. The number of ketones is 1. The molecule has 0 fully saturated rings. The van der Waals surface area contributed by atoms with Crippen molar-refractivity contribution in [3.63, 3.8) is 0 Å². The van der Waals surface area contributed by atoms with E-state index in [-0.39, 0.29) is 28.7 Å². The van der Waals surface area contributed by atoms with Gasteiger partial charge >= 0.3 is 0 Å². The highest BCUT2D eigenvalue weighted by molar-refractivity contribution is 8.93. The van der Waals surface area contributed by atoms with Gasteiger partial charge in [0.25, 0.3) is 0 Å². The Morgan fingerprint density at radius 3 is 2.57 bits per heavy atom. The number of halogens is 1. The van der Waals surface area contributed by atoms with Crippen LogP contribution in [0.15, 0.2) is 35.4 Å². The molecule has 0 aliphatic heterocycles. The maximum atomic E-state index is 12.4. The van der Waals surface area contributed by atoms with Crippen molar-refractivity contribution < 1.29 is 4.79 Å². The van der Waals surface area contributed by atoms with E-state index in [9.17, 15) is 4.79 Å². The van der Waals surface area contributed by atoms with Gasteiger partial charge in [-0.15, -0.1) is 17.0 Å². The molecule has 21 heavy (non-hydrogen) atoms. The second-order valence-electron chi connectivity index (χ2n) is 6.08. The van der Waals surface area contributed by atoms with Crippen molar-refractivity contribution >= 4 is 28.5 Å². The van der Waals surface area contributed by atoms with Crippen molar-refractivity contribution in [3.05, 3.63) is 46.5 Å². The number of nitrogens with one attached hydrogen (secondary N) is 1. The van der Waals surface area contributed by atoms with Crippen molar-refractivity contribution in [1.29, 1.82) is 5.41 Å². The molecule has 3 heteroatoms. The fourth-order valence-electron chi connectivity index (χ4n) is 3.47. The molecule has 112 valence electrons. The molecule has 3 rings (SSSR count). The standard InChI is InChI=1S/C18H21NO.BrH/c1-12-6-8-13(9-7-12)18(20)11-16-15-5-3-2-4-14(15)10-17(16)19;/h6-9,16,19H,2-5,10-11H2,1H3;1H. The van der Waals surface area contributed by atoms with Crippen LogP contribution in [0.2, 0.25) is 0 Å². The molecule has 1 unspecified atom stereocenters. The zero-order chi connectivity index (χ0) is 14.1. The van der Waals surface area contributed by atoms with Crippen LogP contribution in [-0.4, -0.2) is 11.5 Å². The Morgan fingerprint density at radius 2 is 1.86 bits per heavy atom. The molecule has 0 saturated carbocycles. The summed E-state index contributed by atoms with van der Waals surface area (Å²) >= 11 is 0. The van der Waals surface area contributed by atoms with Crippen LogP contribution in [-0.2, 0) is 0 Å². The maximum Gasteiger partial charge on any atom is 0.163 e. The predicted octanol–water partition coefficient (Wildman–Crippen LogP) is 5.06. The minimum atomic E-state index is 0. The molecule has 0 bridgehead atoms. The molecule has 0 saturated heterocycles. The summed E-state index contributed by atoms with van der Waals surface area (Å²) in [4.78, 5) is 12.4. The lowest BCUT2D eigenvalue weighted by molar-refractivity contribution is 0.0975. The van der Waals surface area contributed by atoms with Crippen LogP contribution >= 0.6 is 17.0 Å². The molecule has 0 radical (unpaired) electrons. The van der Waals surface area contributed by atoms with Gasteiger partial charge in [0.05, 0.1) is 0 Å². The summed E-state index contributed by atoms with van der Waals surface area (Å²) in [5, 5.41) is 8.20. The topological polar surface area (TPSA) is 40.9 Å². The van der Waals surface area contributed by atoms with E-state index in [1.54, 1.807) is 0 Å². The van der Waals surface area contributed by atoms with Crippen molar-refractivity contribution in [1.82, 2.24) is 0 Å². The van der Waals surface area contributed by atoms with Gasteiger partial charge in [0.1, 0.15) is 0 Å². The molecule has 0 spiro atoms. The summed E-state index contributed by atoms with van der Waals surface area (Å²) in [7, 11) is 0. The molecule has 2 aliphatic carbocycles. The Labute approximate surface area is 136 Å². The summed E-state index contributed by atoms with van der Waals surface area (Å²) < 4.78 is 0. The highest BCUT2D eigenvalue weighted by Crippen LogP contribution is 2.40. The van der Waals surface area contributed by atoms with Crippen LogP contribution in [0.4, 0.5) is 0 Å². The predicted molar refractivity (Wildman–Crippen MR) is 91.8 cm³/mol. The Bertz CT molecular complexity index is 586. The lowest BCUT2D eigenvalue weighted by Gasteiger charge is -2.18. The number of carbonyl (C=O) groups excluding carboxylic acids is 1. The summed E-state index contributed by atoms with van der Waals surface area (Å²) in [6.07, 6.45) is 6.03. The second kappa shape index (κ2) is 6.69. The molecule has 2 nitrogen and oxygen atoms in total. The summed E-state index contributed by atoms with van der Waals surface area (Å²) in [5.41, 5.74) is 5.60. The molecular weight excluding hydrogens is 326 g/mol. The van der Waals surface area contributed by atoms with E-state index in [4.69, 9.17) is 5.41 Å². The van der Waals surface area contributed by atoms with E-state index < -0.39 is 0 Å². The smallest absolute Gasteiger partial charge is 0.163 e. The highest BCUT2D eigenvalue weighted by atomic mass is 79.9.